The molecule has 19 heavy (non-hydrogen) atoms. The summed E-state index contributed by atoms with van der Waals surface area (Å²) in [6, 6.07) is -0.0254. The van der Waals surface area contributed by atoms with Gasteiger partial charge >= 0.3 is 6.18 Å². The molecule has 0 spiro atoms. The highest BCUT2D eigenvalue weighted by molar-refractivity contribution is 5.95. The van der Waals surface area contributed by atoms with Gasteiger partial charge in [-0.2, -0.15) is 18.3 Å². The predicted octanol–water partition coefficient (Wildman–Crippen LogP) is 2.50. The van der Waals surface area contributed by atoms with Crippen molar-refractivity contribution in [1.29, 1.82) is 0 Å². The monoisotopic (exact) mass is 275 g/mol. The van der Waals surface area contributed by atoms with Gasteiger partial charge in [0.1, 0.15) is 0 Å². The highest BCUT2D eigenvalue weighted by Crippen LogP contribution is 2.31. The van der Waals surface area contributed by atoms with Crippen molar-refractivity contribution in [1.82, 2.24) is 15.1 Å². The lowest BCUT2D eigenvalue weighted by atomic mass is 9.95. The molecule has 0 saturated heterocycles. The van der Waals surface area contributed by atoms with Gasteiger partial charge in [0.25, 0.3) is 5.91 Å². The number of halogens is 3. The molecule has 4 nitrogen and oxygen atoms in total. The molecule has 1 aromatic rings. The van der Waals surface area contributed by atoms with Crippen molar-refractivity contribution >= 4 is 5.91 Å². The quantitative estimate of drug-likeness (QED) is 0.901. The van der Waals surface area contributed by atoms with Crippen LogP contribution in [0.4, 0.5) is 13.2 Å². The molecule has 0 atom stereocenters. The molecule has 0 aromatic carbocycles. The molecule has 1 saturated carbocycles. The van der Waals surface area contributed by atoms with Gasteiger partial charge in [0.2, 0.25) is 0 Å². The van der Waals surface area contributed by atoms with Gasteiger partial charge in [-0.05, 0) is 12.8 Å². The summed E-state index contributed by atoms with van der Waals surface area (Å²) < 4.78 is 39.2. The van der Waals surface area contributed by atoms with Crippen molar-refractivity contribution in [2.45, 2.75) is 44.3 Å². The molecular weight excluding hydrogens is 259 g/mol. The van der Waals surface area contributed by atoms with Gasteiger partial charge in [0.05, 0.1) is 11.8 Å². The summed E-state index contributed by atoms with van der Waals surface area (Å²) in [6.07, 6.45) is 1.17. The van der Waals surface area contributed by atoms with Crippen LogP contribution >= 0.6 is 0 Å². The molecule has 1 N–H and O–H groups in total. The Morgan fingerprint density at radius 2 is 2.00 bits per heavy atom. The first-order valence-corrected chi connectivity index (χ1v) is 6.29. The molecule has 0 unspecified atom stereocenters. The third-order valence-corrected chi connectivity index (χ3v) is 3.39. The maximum absolute atomic E-state index is 12.8. The molecular formula is C12H16F3N3O. The van der Waals surface area contributed by atoms with Crippen LogP contribution in [0.2, 0.25) is 0 Å². The number of carbonyl (C=O) groups is 1. The van der Waals surface area contributed by atoms with Gasteiger partial charge in [-0.3, -0.25) is 9.48 Å². The first-order valence-electron chi connectivity index (χ1n) is 6.29. The maximum atomic E-state index is 12.8. The number of hydrogen-bond donors (Lipinski definition) is 1. The van der Waals surface area contributed by atoms with E-state index in [-0.39, 0.29) is 6.04 Å². The fourth-order valence-corrected chi connectivity index (χ4v) is 2.45. The van der Waals surface area contributed by atoms with E-state index in [4.69, 9.17) is 0 Å². The fourth-order valence-electron chi connectivity index (χ4n) is 2.45. The van der Waals surface area contributed by atoms with Crippen LogP contribution in [0.15, 0.2) is 6.20 Å². The van der Waals surface area contributed by atoms with Crippen LogP contribution in [-0.4, -0.2) is 21.7 Å². The topological polar surface area (TPSA) is 46.9 Å². The van der Waals surface area contributed by atoms with E-state index in [1.165, 1.54) is 7.05 Å². The molecule has 1 amide bonds. The Labute approximate surface area is 109 Å². The normalized spacial score (nSPS) is 17.5. The summed E-state index contributed by atoms with van der Waals surface area (Å²) in [5.41, 5.74) is -1.40. The van der Waals surface area contributed by atoms with Gasteiger partial charge in [-0.15, -0.1) is 0 Å². The van der Waals surface area contributed by atoms with E-state index in [2.05, 4.69) is 10.4 Å². The molecule has 1 aromatic heterocycles. The van der Waals surface area contributed by atoms with Crippen molar-refractivity contribution < 1.29 is 18.0 Å². The molecule has 1 heterocycles. The maximum Gasteiger partial charge on any atom is 0.433 e. The largest absolute Gasteiger partial charge is 0.433 e. The molecule has 0 radical (unpaired) electrons. The summed E-state index contributed by atoms with van der Waals surface area (Å²) in [6.45, 7) is 0. The molecule has 106 valence electrons. The van der Waals surface area contributed by atoms with Gasteiger partial charge in [0, 0.05) is 13.1 Å². The molecule has 1 aliphatic carbocycles. The second-order valence-corrected chi connectivity index (χ2v) is 4.84. The lowest BCUT2D eigenvalue weighted by molar-refractivity contribution is -0.144. The van der Waals surface area contributed by atoms with E-state index < -0.39 is 23.3 Å². The van der Waals surface area contributed by atoms with Gasteiger partial charge in [-0.1, -0.05) is 19.3 Å². The van der Waals surface area contributed by atoms with Crippen molar-refractivity contribution in [2.24, 2.45) is 7.05 Å². The number of carbonyl (C=O) groups excluding carboxylic acids is 1. The highest BCUT2D eigenvalue weighted by atomic mass is 19.4. The summed E-state index contributed by atoms with van der Waals surface area (Å²) in [5, 5.41) is 6.20. The first-order chi connectivity index (χ1) is 8.89. The van der Waals surface area contributed by atoms with Crippen LogP contribution in [-0.2, 0) is 13.2 Å². The Morgan fingerprint density at radius 1 is 1.37 bits per heavy atom. The highest BCUT2D eigenvalue weighted by Gasteiger charge is 2.39. The first kappa shape index (κ1) is 13.9. The Kier molecular flexibility index (Phi) is 3.82. The number of amides is 1. The zero-order valence-corrected chi connectivity index (χ0v) is 10.6. The number of aromatic nitrogens is 2. The lowest BCUT2D eigenvalue weighted by Gasteiger charge is -2.22. The number of hydrogen-bond acceptors (Lipinski definition) is 2. The molecule has 1 aliphatic rings. The van der Waals surface area contributed by atoms with Crippen LogP contribution in [0.3, 0.4) is 0 Å². The van der Waals surface area contributed by atoms with E-state index in [1.54, 1.807) is 0 Å². The zero-order valence-electron chi connectivity index (χ0n) is 10.6. The summed E-state index contributed by atoms with van der Waals surface area (Å²) in [7, 11) is 1.18. The van der Waals surface area contributed by atoms with E-state index in [0.29, 0.717) is 4.68 Å². The number of alkyl halides is 3. The van der Waals surface area contributed by atoms with Crippen molar-refractivity contribution in [2.75, 3.05) is 0 Å². The minimum Gasteiger partial charge on any atom is -0.349 e. The summed E-state index contributed by atoms with van der Waals surface area (Å²) in [5.74, 6) is -0.688. The third kappa shape index (κ3) is 3.08. The van der Waals surface area contributed by atoms with E-state index in [0.717, 1.165) is 38.3 Å². The number of aryl methyl sites for hydroxylation is 1. The average Bonchev–Trinajstić information content (AvgIpc) is 2.72. The zero-order chi connectivity index (χ0) is 14.0. The van der Waals surface area contributed by atoms with E-state index in [9.17, 15) is 18.0 Å². The second kappa shape index (κ2) is 5.22. The molecule has 0 bridgehead atoms. The number of rotatable bonds is 2. The van der Waals surface area contributed by atoms with Crippen LogP contribution < -0.4 is 5.32 Å². The fraction of sp³-hybridized carbons (Fsp3) is 0.667. The smallest absolute Gasteiger partial charge is 0.349 e. The van der Waals surface area contributed by atoms with Gasteiger partial charge in [0.15, 0.2) is 5.69 Å². The Balaban J connectivity index is 2.15. The van der Waals surface area contributed by atoms with E-state index in [1.807, 2.05) is 0 Å². The van der Waals surface area contributed by atoms with Gasteiger partial charge < -0.3 is 5.32 Å². The van der Waals surface area contributed by atoms with Gasteiger partial charge in [-0.25, -0.2) is 0 Å². The minimum absolute atomic E-state index is 0.0254. The Hall–Kier alpha value is -1.53. The average molecular weight is 275 g/mol. The SMILES string of the molecule is Cn1ncc(C(=O)NC2CCCCC2)c1C(F)(F)F. The lowest BCUT2D eigenvalue weighted by Crippen LogP contribution is -2.37. The predicted molar refractivity (Wildman–Crippen MR) is 62.5 cm³/mol. The minimum atomic E-state index is -4.58. The number of nitrogens with one attached hydrogen (secondary N) is 1. The van der Waals surface area contributed by atoms with Crippen molar-refractivity contribution in [3.63, 3.8) is 0 Å². The summed E-state index contributed by atoms with van der Waals surface area (Å²) in [4.78, 5) is 11.9. The number of nitrogens with zero attached hydrogens (tertiary/aromatic N) is 2. The molecule has 2 rings (SSSR count). The second-order valence-electron chi connectivity index (χ2n) is 4.84. The van der Waals surface area contributed by atoms with Crippen LogP contribution in [0.5, 0.6) is 0 Å². The summed E-state index contributed by atoms with van der Waals surface area (Å²) >= 11 is 0. The Morgan fingerprint density at radius 3 is 2.58 bits per heavy atom. The molecule has 7 heteroatoms. The third-order valence-electron chi connectivity index (χ3n) is 3.39. The van der Waals surface area contributed by atoms with Crippen molar-refractivity contribution in [3.8, 4) is 0 Å². The van der Waals surface area contributed by atoms with Crippen LogP contribution in [0.25, 0.3) is 0 Å². The van der Waals surface area contributed by atoms with Crippen LogP contribution in [0.1, 0.15) is 48.2 Å². The van der Waals surface area contributed by atoms with Crippen LogP contribution in [0, 0.1) is 0 Å². The van der Waals surface area contributed by atoms with E-state index >= 15 is 0 Å². The Bertz CT molecular complexity index is 461. The molecule has 1 fully saturated rings. The van der Waals surface area contributed by atoms with Crippen molar-refractivity contribution in [3.05, 3.63) is 17.5 Å². The standard InChI is InChI=1S/C12H16F3N3O/c1-18-10(12(13,14)15)9(7-16-18)11(19)17-8-5-3-2-4-6-8/h7-8H,2-6H2,1H3,(H,17,19). The molecule has 0 aliphatic heterocycles.